The van der Waals surface area contributed by atoms with Gasteiger partial charge < -0.3 is 0 Å². The molecule has 0 saturated heterocycles. The predicted molar refractivity (Wildman–Crippen MR) is 41.1 cm³/mol. The van der Waals surface area contributed by atoms with Crippen LogP contribution in [0.1, 0.15) is 5.56 Å². The number of hydrogen-bond donors (Lipinski definition) is 0. The van der Waals surface area contributed by atoms with Crippen molar-refractivity contribution in [2.45, 2.75) is 13.1 Å². The summed E-state index contributed by atoms with van der Waals surface area (Å²) in [6, 6.07) is 1.63. The Bertz CT molecular complexity index is 277. The standard InChI is InChI=1S/C6H6FN.C2HF3O/c1-5-2-3-8-4-6(5)7;3-2(4,5)1-6/h2-4H,1H3;1H. The third-order valence-corrected chi connectivity index (χ3v) is 1.11. The average molecular weight is 209 g/mol. The molecular formula is C8H7F4NO. The molecule has 6 heteroatoms. The van der Waals surface area contributed by atoms with Crippen LogP contribution in [0.25, 0.3) is 0 Å². The molecule has 2 nitrogen and oxygen atoms in total. The van der Waals surface area contributed by atoms with Crippen LogP contribution in [0.15, 0.2) is 18.5 Å². The molecule has 0 amide bonds. The van der Waals surface area contributed by atoms with Crippen molar-refractivity contribution in [3.63, 3.8) is 0 Å². The lowest BCUT2D eigenvalue weighted by atomic mass is 10.3. The fraction of sp³-hybridized carbons (Fsp3) is 0.250. The Labute approximate surface area is 77.6 Å². The number of carbonyl (C=O) groups excluding carboxylic acids is 1. The first kappa shape index (κ1) is 12.5. The number of hydrogen-bond acceptors (Lipinski definition) is 2. The van der Waals surface area contributed by atoms with E-state index >= 15 is 0 Å². The minimum Gasteiger partial charge on any atom is -0.293 e. The largest absolute Gasteiger partial charge is 0.446 e. The predicted octanol–water partition coefficient (Wildman–Crippen LogP) is 2.28. The van der Waals surface area contributed by atoms with E-state index < -0.39 is 12.5 Å². The highest BCUT2D eigenvalue weighted by atomic mass is 19.4. The summed E-state index contributed by atoms with van der Waals surface area (Å²) in [6.45, 7) is 1.71. The quantitative estimate of drug-likeness (QED) is 0.484. The fourth-order valence-corrected chi connectivity index (χ4v) is 0.445. The topological polar surface area (TPSA) is 30.0 Å². The van der Waals surface area contributed by atoms with Gasteiger partial charge >= 0.3 is 6.18 Å². The molecule has 0 saturated carbocycles. The number of nitrogens with zero attached hydrogens (tertiary/aromatic N) is 1. The van der Waals surface area contributed by atoms with Gasteiger partial charge in [0.1, 0.15) is 5.82 Å². The Morgan fingerprint density at radius 1 is 1.43 bits per heavy atom. The second kappa shape index (κ2) is 5.31. The fourth-order valence-electron chi connectivity index (χ4n) is 0.445. The SMILES string of the molecule is Cc1ccncc1F.O=CC(F)(F)F. The van der Waals surface area contributed by atoms with Gasteiger partial charge in [-0.1, -0.05) is 0 Å². The number of alkyl halides is 3. The third-order valence-electron chi connectivity index (χ3n) is 1.11. The van der Waals surface area contributed by atoms with Gasteiger partial charge in [-0.25, -0.2) is 4.39 Å². The van der Waals surface area contributed by atoms with Crippen molar-refractivity contribution >= 4 is 6.29 Å². The molecule has 1 aromatic rings. The van der Waals surface area contributed by atoms with Crippen LogP contribution in [0.3, 0.4) is 0 Å². The number of carbonyl (C=O) groups is 1. The Morgan fingerprint density at radius 3 is 2.14 bits per heavy atom. The number of pyridine rings is 1. The van der Waals surface area contributed by atoms with Crippen LogP contribution < -0.4 is 0 Å². The molecule has 0 bridgehead atoms. The maximum Gasteiger partial charge on any atom is 0.446 e. The maximum absolute atomic E-state index is 12.3. The van der Waals surface area contributed by atoms with E-state index in [1.807, 2.05) is 0 Å². The minimum atomic E-state index is -4.64. The Balaban J connectivity index is 0.000000255. The molecular weight excluding hydrogens is 202 g/mol. The average Bonchev–Trinajstić information content (AvgIpc) is 2.10. The van der Waals surface area contributed by atoms with Crippen LogP contribution in [-0.2, 0) is 4.79 Å². The van der Waals surface area contributed by atoms with Crippen LogP contribution in [0.5, 0.6) is 0 Å². The Morgan fingerprint density at radius 2 is 1.93 bits per heavy atom. The van der Waals surface area contributed by atoms with Crippen molar-refractivity contribution in [2.75, 3.05) is 0 Å². The molecule has 0 radical (unpaired) electrons. The first-order valence-electron chi connectivity index (χ1n) is 3.46. The number of aryl methyl sites for hydroxylation is 1. The lowest BCUT2D eigenvalue weighted by Gasteiger charge is -1.88. The number of aromatic nitrogens is 1. The molecule has 0 fully saturated rings. The van der Waals surface area contributed by atoms with Gasteiger partial charge in [-0.15, -0.1) is 0 Å². The molecule has 0 aromatic carbocycles. The van der Waals surface area contributed by atoms with Crippen molar-refractivity contribution in [3.05, 3.63) is 29.8 Å². The van der Waals surface area contributed by atoms with Crippen molar-refractivity contribution in [1.82, 2.24) is 4.98 Å². The Hall–Kier alpha value is -1.46. The summed E-state index contributed by atoms with van der Waals surface area (Å²) in [5, 5.41) is 0. The second-order valence-corrected chi connectivity index (χ2v) is 2.28. The van der Waals surface area contributed by atoms with Crippen LogP contribution >= 0.6 is 0 Å². The summed E-state index contributed by atoms with van der Waals surface area (Å²) in [6.07, 6.45) is -2.93. The number of halogens is 4. The van der Waals surface area contributed by atoms with Gasteiger partial charge in [0.05, 0.1) is 6.20 Å². The zero-order valence-corrected chi connectivity index (χ0v) is 7.18. The van der Waals surface area contributed by atoms with E-state index in [-0.39, 0.29) is 5.82 Å². The van der Waals surface area contributed by atoms with Crippen LogP contribution in [0, 0.1) is 12.7 Å². The number of aldehydes is 1. The number of rotatable bonds is 0. The lowest BCUT2D eigenvalue weighted by molar-refractivity contribution is -0.156. The van der Waals surface area contributed by atoms with Gasteiger partial charge in [0, 0.05) is 6.20 Å². The molecule has 0 aliphatic rings. The second-order valence-electron chi connectivity index (χ2n) is 2.28. The molecule has 0 aliphatic carbocycles. The summed E-state index contributed by atoms with van der Waals surface area (Å²) in [7, 11) is 0. The van der Waals surface area contributed by atoms with E-state index in [4.69, 9.17) is 4.79 Å². The van der Waals surface area contributed by atoms with Crippen molar-refractivity contribution in [1.29, 1.82) is 0 Å². The normalized spacial score (nSPS) is 10.1. The van der Waals surface area contributed by atoms with Gasteiger partial charge in [-0.05, 0) is 18.6 Å². The molecule has 1 heterocycles. The van der Waals surface area contributed by atoms with Crippen LogP contribution in [0.2, 0.25) is 0 Å². The molecule has 0 N–H and O–H groups in total. The summed E-state index contributed by atoms with van der Waals surface area (Å²) in [5.74, 6) is -0.243. The van der Waals surface area contributed by atoms with E-state index in [2.05, 4.69) is 4.98 Å². The van der Waals surface area contributed by atoms with Crippen molar-refractivity contribution in [3.8, 4) is 0 Å². The summed E-state index contributed by atoms with van der Waals surface area (Å²) in [4.78, 5) is 12.3. The van der Waals surface area contributed by atoms with Crippen LogP contribution in [0.4, 0.5) is 17.6 Å². The molecule has 1 rings (SSSR count). The molecule has 78 valence electrons. The van der Waals surface area contributed by atoms with Gasteiger partial charge in [-0.2, -0.15) is 13.2 Å². The van der Waals surface area contributed by atoms with E-state index in [9.17, 15) is 17.6 Å². The molecule has 1 aromatic heterocycles. The van der Waals surface area contributed by atoms with Crippen LogP contribution in [-0.4, -0.2) is 17.4 Å². The van der Waals surface area contributed by atoms with Gasteiger partial charge in [0.15, 0.2) is 0 Å². The molecule has 14 heavy (non-hydrogen) atoms. The Kier molecular flexibility index (Phi) is 4.76. The molecule has 0 unspecified atom stereocenters. The zero-order chi connectivity index (χ0) is 11.2. The highest BCUT2D eigenvalue weighted by Gasteiger charge is 2.24. The van der Waals surface area contributed by atoms with E-state index in [1.165, 1.54) is 6.20 Å². The first-order chi connectivity index (χ1) is 6.37. The van der Waals surface area contributed by atoms with Gasteiger partial charge in [0.2, 0.25) is 6.29 Å². The maximum atomic E-state index is 12.3. The van der Waals surface area contributed by atoms with Crippen molar-refractivity contribution < 1.29 is 22.4 Å². The minimum absolute atomic E-state index is 0.243. The van der Waals surface area contributed by atoms with Gasteiger partial charge in [-0.3, -0.25) is 9.78 Å². The zero-order valence-electron chi connectivity index (χ0n) is 7.18. The molecule has 0 spiro atoms. The first-order valence-corrected chi connectivity index (χ1v) is 3.46. The van der Waals surface area contributed by atoms with E-state index in [0.29, 0.717) is 5.56 Å². The molecule has 0 atom stereocenters. The summed E-state index contributed by atoms with van der Waals surface area (Å²) in [5.41, 5.74) is 0.639. The highest BCUT2D eigenvalue weighted by molar-refractivity contribution is 5.56. The highest BCUT2D eigenvalue weighted by Crippen LogP contribution is 2.08. The smallest absolute Gasteiger partial charge is 0.293 e. The van der Waals surface area contributed by atoms with Gasteiger partial charge in [0.25, 0.3) is 0 Å². The molecule has 0 aliphatic heterocycles. The monoisotopic (exact) mass is 209 g/mol. The lowest BCUT2D eigenvalue weighted by Crippen LogP contribution is -2.07. The third kappa shape index (κ3) is 6.10. The van der Waals surface area contributed by atoms with Crippen molar-refractivity contribution in [2.24, 2.45) is 0 Å². The van der Waals surface area contributed by atoms with E-state index in [1.54, 1.807) is 19.2 Å². The van der Waals surface area contributed by atoms with E-state index in [0.717, 1.165) is 0 Å². The summed E-state index contributed by atoms with van der Waals surface area (Å²) >= 11 is 0. The summed E-state index contributed by atoms with van der Waals surface area (Å²) < 4.78 is 43.5.